The summed E-state index contributed by atoms with van der Waals surface area (Å²) in [5.74, 6) is -1.29. The Balaban J connectivity index is 1.86. The van der Waals surface area contributed by atoms with E-state index in [4.69, 9.17) is 4.74 Å². The van der Waals surface area contributed by atoms with Gasteiger partial charge in [0.2, 0.25) is 0 Å². The summed E-state index contributed by atoms with van der Waals surface area (Å²) in [6.45, 7) is 0. The van der Waals surface area contributed by atoms with Crippen molar-refractivity contribution in [3.63, 3.8) is 0 Å². The van der Waals surface area contributed by atoms with Crippen molar-refractivity contribution in [2.24, 2.45) is 5.10 Å². The first-order valence-corrected chi connectivity index (χ1v) is 8.11. The number of phenols is 1. The molecule has 130 valence electrons. The molecule has 1 aromatic carbocycles. The van der Waals surface area contributed by atoms with Crippen LogP contribution < -0.4 is 15.5 Å². The molecular formula is C17H23N3O4. The molecule has 2 amide bonds. The predicted molar refractivity (Wildman–Crippen MR) is 90.0 cm³/mol. The molecule has 1 aliphatic rings. The number of methoxy groups -OCH3 is 1. The summed E-state index contributed by atoms with van der Waals surface area (Å²) in [4.78, 5) is 23.6. The van der Waals surface area contributed by atoms with Gasteiger partial charge in [0.25, 0.3) is 0 Å². The number of amides is 2. The van der Waals surface area contributed by atoms with E-state index in [0.717, 1.165) is 25.7 Å². The van der Waals surface area contributed by atoms with E-state index >= 15 is 0 Å². The van der Waals surface area contributed by atoms with Crippen molar-refractivity contribution in [3.8, 4) is 11.5 Å². The Labute approximate surface area is 141 Å². The summed E-state index contributed by atoms with van der Waals surface area (Å²) in [5, 5.41) is 16.4. The van der Waals surface area contributed by atoms with Gasteiger partial charge in [0.15, 0.2) is 11.5 Å². The highest BCUT2D eigenvalue weighted by molar-refractivity contribution is 6.35. The first-order valence-electron chi connectivity index (χ1n) is 8.11. The quantitative estimate of drug-likeness (QED) is 0.338. The highest BCUT2D eigenvalue weighted by atomic mass is 16.5. The van der Waals surface area contributed by atoms with Crippen LogP contribution in [0.2, 0.25) is 0 Å². The van der Waals surface area contributed by atoms with Crippen molar-refractivity contribution in [1.82, 2.24) is 10.7 Å². The van der Waals surface area contributed by atoms with Gasteiger partial charge in [-0.3, -0.25) is 9.59 Å². The standard InChI is InChI=1S/C17H23N3O4/c1-24-14-10-6-7-12(15(14)21)11-18-20-17(23)16(22)19-13-8-4-2-3-5-9-13/h6-7,10-11,13,21H,2-5,8-9H2,1H3,(H,19,22)(H,20,23). The van der Waals surface area contributed by atoms with Gasteiger partial charge in [0, 0.05) is 11.6 Å². The number of hydrogen-bond donors (Lipinski definition) is 3. The number of nitrogens with one attached hydrogen (secondary N) is 2. The summed E-state index contributed by atoms with van der Waals surface area (Å²) >= 11 is 0. The Bertz CT molecular complexity index is 608. The van der Waals surface area contributed by atoms with Crippen molar-refractivity contribution in [1.29, 1.82) is 0 Å². The third kappa shape index (κ3) is 4.97. The summed E-state index contributed by atoms with van der Waals surface area (Å²) in [5.41, 5.74) is 2.54. The molecule has 0 heterocycles. The molecule has 2 rings (SSSR count). The van der Waals surface area contributed by atoms with Crippen molar-refractivity contribution in [3.05, 3.63) is 23.8 Å². The van der Waals surface area contributed by atoms with Gasteiger partial charge in [0.05, 0.1) is 13.3 Å². The zero-order chi connectivity index (χ0) is 17.4. The van der Waals surface area contributed by atoms with Crippen molar-refractivity contribution >= 4 is 18.0 Å². The second kappa shape index (κ2) is 8.90. The second-order valence-electron chi connectivity index (χ2n) is 5.76. The summed E-state index contributed by atoms with van der Waals surface area (Å²) in [6.07, 6.45) is 7.55. The molecular weight excluding hydrogens is 310 g/mol. The third-order valence-electron chi connectivity index (χ3n) is 4.02. The average molecular weight is 333 g/mol. The lowest BCUT2D eigenvalue weighted by Gasteiger charge is -2.15. The van der Waals surface area contributed by atoms with Gasteiger partial charge in [-0.15, -0.1) is 0 Å². The van der Waals surface area contributed by atoms with Crippen LogP contribution in [0, 0.1) is 0 Å². The van der Waals surface area contributed by atoms with Gasteiger partial charge in [-0.05, 0) is 25.0 Å². The molecule has 0 bridgehead atoms. The van der Waals surface area contributed by atoms with Crippen LogP contribution in [0.4, 0.5) is 0 Å². The highest BCUT2D eigenvalue weighted by Crippen LogP contribution is 2.27. The third-order valence-corrected chi connectivity index (χ3v) is 4.02. The van der Waals surface area contributed by atoms with Crippen LogP contribution in [0.25, 0.3) is 0 Å². The minimum absolute atomic E-state index is 0.0529. The fourth-order valence-electron chi connectivity index (χ4n) is 2.69. The van der Waals surface area contributed by atoms with E-state index in [1.165, 1.54) is 26.2 Å². The minimum Gasteiger partial charge on any atom is -0.504 e. The molecule has 7 nitrogen and oxygen atoms in total. The van der Waals surface area contributed by atoms with Crippen LogP contribution in [-0.2, 0) is 9.59 Å². The molecule has 0 atom stereocenters. The Morgan fingerprint density at radius 3 is 2.58 bits per heavy atom. The number of para-hydroxylation sites is 1. The SMILES string of the molecule is COc1cccc(C=NNC(=O)C(=O)NC2CCCCCC2)c1O. The molecule has 0 spiro atoms. The van der Waals surface area contributed by atoms with Gasteiger partial charge in [-0.25, -0.2) is 5.43 Å². The number of carbonyl (C=O) groups is 2. The molecule has 1 aliphatic carbocycles. The van der Waals surface area contributed by atoms with Crippen molar-refractivity contribution in [2.45, 2.75) is 44.6 Å². The first-order chi connectivity index (χ1) is 11.6. The Hall–Kier alpha value is -2.57. The number of aromatic hydroxyl groups is 1. The largest absolute Gasteiger partial charge is 0.504 e. The minimum atomic E-state index is -0.821. The van der Waals surface area contributed by atoms with E-state index < -0.39 is 11.8 Å². The Morgan fingerprint density at radius 2 is 1.92 bits per heavy atom. The van der Waals surface area contributed by atoms with Gasteiger partial charge in [-0.2, -0.15) is 5.10 Å². The van der Waals surface area contributed by atoms with E-state index in [-0.39, 0.29) is 11.8 Å². The topological polar surface area (TPSA) is 100 Å². The van der Waals surface area contributed by atoms with Crippen LogP contribution >= 0.6 is 0 Å². The molecule has 1 saturated carbocycles. The van der Waals surface area contributed by atoms with Crippen LogP contribution in [0.1, 0.15) is 44.1 Å². The molecule has 24 heavy (non-hydrogen) atoms. The van der Waals surface area contributed by atoms with Crippen LogP contribution in [0.15, 0.2) is 23.3 Å². The number of hydrogen-bond acceptors (Lipinski definition) is 5. The lowest BCUT2D eigenvalue weighted by Crippen LogP contribution is -2.43. The number of nitrogens with zero attached hydrogens (tertiary/aromatic N) is 1. The molecule has 0 unspecified atom stereocenters. The maximum absolute atomic E-state index is 11.9. The molecule has 7 heteroatoms. The van der Waals surface area contributed by atoms with Gasteiger partial charge in [0.1, 0.15) is 0 Å². The average Bonchev–Trinajstić information content (AvgIpc) is 2.85. The van der Waals surface area contributed by atoms with Gasteiger partial charge >= 0.3 is 11.8 Å². The van der Waals surface area contributed by atoms with Crippen molar-refractivity contribution in [2.75, 3.05) is 7.11 Å². The smallest absolute Gasteiger partial charge is 0.329 e. The van der Waals surface area contributed by atoms with Crippen LogP contribution in [-0.4, -0.2) is 36.3 Å². The summed E-state index contributed by atoms with van der Waals surface area (Å²) in [7, 11) is 1.44. The van der Waals surface area contributed by atoms with E-state index in [1.807, 2.05) is 0 Å². The summed E-state index contributed by atoms with van der Waals surface area (Å²) < 4.78 is 4.98. The van der Waals surface area contributed by atoms with Gasteiger partial charge < -0.3 is 15.2 Å². The number of rotatable bonds is 4. The monoisotopic (exact) mass is 333 g/mol. The van der Waals surface area contributed by atoms with E-state index in [0.29, 0.717) is 11.3 Å². The predicted octanol–water partition coefficient (Wildman–Crippen LogP) is 1.69. The lowest BCUT2D eigenvalue weighted by atomic mass is 10.1. The lowest BCUT2D eigenvalue weighted by molar-refractivity contribution is -0.139. The zero-order valence-corrected chi connectivity index (χ0v) is 13.7. The molecule has 0 aliphatic heterocycles. The highest BCUT2D eigenvalue weighted by Gasteiger charge is 2.19. The Kier molecular flexibility index (Phi) is 6.60. The van der Waals surface area contributed by atoms with Crippen LogP contribution in [0.3, 0.4) is 0 Å². The number of phenolic OH excluding ortho intramolecular Hbond substituents is 1. The summed E-state index contributed by atoms with van der Waals surface area (Å²) in [6, 6.07) is 4.95. The van der Waals surface area contributed by atoms with Crippen LogP contribution in [0.5, 0.6) is 11.5 Å². The molecule has 3 N–H and O–H groups in total. The normalized spacial score (nSPS) is 15.7. The fourth-order valence-corrected chi connectivity index (χ4v) is 2.69. The molecule has 1 aromatic rings. The number of ether oxygens (including phenoxy) is 1. The molecule has 0 radical (unpaired) electrons. The second-order valence-corrected chi connectivity index (χ2v) is 5.76. The number of benzene rings is 1. The zero-order valence-electron chi connectivity index (χ0n) is 13.7. The molecule has 0 saturated heterocycles. The van der Waals surface area contributed by atoms with Crippen molar-refractivity contribution < 1.29 is 19.4 Å². The first kappa shape index (κ1) is 17.8. The maximum atomic E-state index is 11.9. The fraction of sp³-hybridized carbons (Fsp3) is 0.471. The molecule has 1 fully saturated rings. The van der Waals surface area contributed by atoms with E-state index in [9.17, 15) is 14.7 Å². The maximum Gasteiger partial charge on any atom is 0.329 e. The van der Waals surface area contributed by atoms with E-state index in [2.05, 4.69) is 15.8 Å². The number of carbonyl (C=O) groups excluding carboxylic acids is 2. The van der Waals surface area contributed by atoms with Gasteiger partial charge in [-0.1, -0.05) is 31.7 Å². The van der Waals surface area contributed by atoms with E-state index in [1.54, 1.807) is 18.2 Å². The number of hydrazone groups is 1. The molecule has 0 aromatic heterocycles. The Morgan fingerprint density at radius 1 is 1.21 bits per heavy atom.